The topological polar surface area (TPSA) is 58.9 Å². The van der Waals surface area contributed by atoms with E-state index in [1.165, 1.54) is 0 Å². The number of nitrogens with one attached hydrogen (secondary N) is 2. The highest BCUT2D eigenvalue weighted by molar-refractivity contribution is 7.12. The Morgan fingerprint density at radius 1 is 1.22 bits per heavy atom. The van der Waals surface area contributed by atoms with Crippen molar-refractivity contribution in [3.05, 3.63) is 64.4 Å². The summed E-state index contributed by atoms with van der Waals surface area (Å²) in [7, 11) is 0. The Bertz CT molecular complexity index is 878. The fourth-order valence-corrected chi connectivity index (χ4v) is 3.61. The second-order valence-electron chi connectivity index (χ2n) is 5.83. The van der Waals surface area contributed by atoms with Crippen molar-refractivity contribution >= 4 is 47.7 Å². The molecule has 2 aromatic heterocycles. The van der Waals surface area contributed by atoms with Crippen molar-refractivity contribution in [2.24, 2.45) is 0 Å². The zero-order valence-electron chi connectivity index (χ0n) is 15.5. The van der Waals surface area contributed by atoms with Gasteiger partial charge in [-0.15, -0.1) is 36.2 Å². The van der Waals surface area contributed by atoms with E-state index in [9.17, 15) is 4.79 Å². The van der Waals surface area contributed by atoms with E-state index in [-0.39, 0.29) is 30.7 Å². The Hall–Kier alpha value is -1.86. The third-order valence-corrected chi connectivity index (χ3v) is 4.87. The fourth-order valence-electron chi connectivity index (χ4n) is 2.86. The maximum Gasteiger partial charge on any atom is 0.257 e. The molecule has 0 saturated heterocycles. The van der Waals surface area contributed by atoms with Crippen molar-refractivity contribution in [3.8, 4) is 5.13 Å². The Kier molecular flexibility index (Phi) is 8.99. The number of amides is 1. The molecule has 0 aliphatic carbocycles. The summed E-state index contributed by atoms with van der Waals surface area (Å²) in [5.74, 6) is -0.0974. The van der Waals surface area contributed by atoms with Crippen molar-refractivity contribution in [1.29, 1.82) is 0 Å². The van der Waals surface area contributed by atoms with E-state index >= 15 is 0 Å². The van der Waals surface area contributed by atoms with Gasteiger partial charge in [0.1, 0.15) is 0 Å². The van der Waals surface area contributed by atoms with Gasteiger partial charge in [-0.3, -0.25) is 9.36 Å². The Labute approximate surface area is 176 Å². The number of carbonyl (C=O) groups excluding carboxylic acids is 1. The van der Waals surface area contributed by atoms with Crippen LogP contribution in [0.1, 0.15) is 34.2 Å². The summed E-state index contributed by atoms with van der Waals surface area (Å²) in [6.45, 7) is 7.62. The lowest BCUT2D eigenvalue weighted by molar-refractivity contribution is 0.102. The van der Waals surface area contributed by atoms with Crippen LogP contribution in [-0.2, 0) is 6.54 Å². The van der Waals surface area contributed by atoms with E-state index in [0.717, 1.165) is 40.9 Å². The first kappa shape index (κ1) is 23.2. The van der Waals surface area contributed by atoms with E-state index < -0.39 is 0 Å². The zero-order chi connectivity index (χ0) is 17.8. The Morgan fingerprint density at radius 3 is 2.63 bits per heavy atom. The van der Waals surface area contributed by atoms with Crippen LogP contribution in [0.15, 0.2) is 41.9 Å². The lowest BCUT2D eigenvalue weighted by Gasteiger charge is -2.11. The van der Waals surface area contributed by atoms with Crippen molar-refractivity contribution < 1.29 is 4.79 Å². The van der Waals surface area contributed by atoms with Gasteiger partial charge in [-0.1, -0.05) is 25.1 Å². The van der Waals surface area contributed by atoms with Crippen LogP contribution in [0.4, 0.5) is 5.69 Å². The third kappa shape index (κ3) is 5.11. The molecule has 8 heteroatoms. The van der Waals surface area contributed by atoms with Crippen LogP contribution >= 0.6 is 36.2 Å². The second kappa shape index (κ2) is 10.5. The van der Waals surface area contributed by atoms with Gasteiger partial charge in [0.2, 0.25) is 0 Å². The minimum atomic E-state index is -0.0974. The molecular formula is C19H24Cl2N4OS. The average molecular weight is 427 g/mol. The van der Waals surface area contributed by atoms with E-state index in [4.69, 9.17) is 0 Å². The molecule has 146 valence electrons. The molecule has 2 N–H and O–H groups in total. The predicted molar refractivity (Wildman–Crippen MR) is 117 cm³/mol. The number of anilines is 1. The molecule has 0 fully saturated rings. The number of para-hydroxylation sites is 1. The van der Waals surface area contributed by atoms with Crippen molar-refractivity contribution in [3.63, 3.8) is 0 Å². The summed E-state index contributed by atoms with van der Waals surface area (Å²) < 4.78 is 2.02. The van der Waals surface area contributed by atoms with Gasteiger partial charge in [-0.05, 0) is 38.1 Å². The number of carbonyl (C=O) groups is 1. The van der Waals surface area contributed by atoms with Crippen LogP contribution in [0.25, 0.3) is 5.13 Å². The van der Waals surface area contributed by atoms with Gasteiger partial charge in [-0.25, -0.2) is 4.98 Å². The number of aromatic nitrogens is 2. The Balaban J connectivity index is 0.00000182. The highest BCUT2D eigenvalue weighted by Crippen LogP contribution is 2.24. The first-order valence-electron chi connectivity index (χ1n) is 8.30. The molecule has 0 spiro atoms. The van der Waals surface area contributed by atoms with Crippen LogP contribution in [0.2, 0.25) is 0 Å². The largest absolute Gasteiger partial charge is 0.322 e. The normalized spacial score (nSPS) is 10.0. The number of thiazole rings is 1. The first-order chi connectivity index (χ1) is 12.1. The molecule has 27 heavy (non-hydrogen) atoms. The molecule has 0 saturated carbocycles. The van der Waals surface area contributed by atoms with E-state index in [2.05, 4.69) is 22.5 Å². The molecule has 1 aromatic carbocycles. The number of rotatable bonds is 6. The molecule has 0 atom stereocenters. The van der Waals surface area contributed by atoms with Gasteiger partial charge in [0.25, 0.3) is 5.91 Å². The molecule has 3 rings (SSSR count). The molecule has 2 heterocycles. The van der Waals surface area contributed by atoms with Gasteiger partial charge < -0.3 is 10.6 Å². The Morgan fingerprint density at radius 2 is 1.96 bits per heavy atom. The maximum absolute atomic E-state index is 12.8. The number of hydrogen-bond acceptors (Lipinski definition) is 4. The monoisotopic (exact) mass is 426 g/mol. The number of aryl methyl sites for hydroxylation is 1. The van der Waals surface area contributed by atoms with Crippen molar-refractivity contribution in [2.75, 3.05) is 11.9 Å². The van der Waals surface area contributed by atoms with Crippen LogP contribution in [0.3, 0.4) is 0 Å². The number of halogens is 2. The minimum absolute atomic E-state index is 0. The van der Waals surface area contributed by atoms with Crippen molar-refractivity contribution in [2.45, 2.75) is 27.3 Å². The van der Waals surface area contributed by atoms with Gasteiger partial charge in [0.15, 0.2) is 5.13 Å². The summed E-state index contributed by atoms with van der Waals surface area (Å²) in [4.78, 5) is 17.2. The smallest absolute Gasteiger partial charge is 0.257 e. The first-order valence-corrected chi connectivity index (χ1v) is 9.18. The quantitative estimate of drug-likeness (QED) is 0.597. The maximum atomic E-state index is 12.8. The molecular weight excluding hydrogens is 403 g/mol. The number of hydrogen-bond donors (Lipinski definition) is 2. The van der Waals surface area contributed by atoms with Crippen molar-refractivity contribution in [1.82, 2.24) is 14.9 Å². The molecule has 1 amide bonds. The summed E-state index contributed by atoms with van der Waals surface area (Å²) >= 11 is 1.56. The van der Waals surface area contributed by atoms with E-state index in [1.54, 1.807) is 17.5 Å². The fraction of sp³-hybridized carbons (Fsp3) is 0.263. The molecule has 0 aliphatic rings. The minimum Gasteiger partial charge on any atom is -0.322 e. The summed E-state index contributed by atoms with van der Waals surface area (Å²) in [5.41, 5.74) is 4.48. The third-order valence-electron chi connectivity index (χ3n) is 4.12. The van der Waals surface area contributed by atoms with Crippen LogP contribution in [0, 0.1) is 13.8 Å². The van der Waals surface area contributed by atoms with Crippen LogP contribution in [-0.4, -0.2) is 22.0 Å². The van der Waals surface area contributed by atoms with Gasteiger partial charge in [0.05, 0.1) is 5.56 Å². The number of benzene rings is 1. The lowest BCUT2D eigenvalue weighted by atomic mass is 10.1. The zero-order valence-corrected chi connectivity index (χ0v) is 17.9. The highest BCUT2D eigenvalue weighted by atomic mass is 35.5. The van der Waals surface area contributed by atoms with Gasteiger partial charge in [0, 0.05) is 35.2 Å². The van der Waals surface area contributed by atoms with Gasteiger partial charge >= 0.3 is 0 Å². The van der Waals surface area contributed by atoms with E-state index in [1.807, 2.05) is 54.1 Å². The molecule has 3 aromatic rings. The molecule has 0 bridgehead atoms. The van der Waals surface area contributed by atoms with Crippen LogP contribution < -0.4 is 10.6 Å². The van der Waals surface area contributed by atoms with Gasteiger partial charge in [-0.2, -0.15) is 0 Å². The SMILES string of the molecule is CCNCc1ccccc1NC(=O)c1cc(C)n(-c2nccs2)c1C.Cl.Cl. The van der Waals surface area contributed by atoms with E-state index in [0.29, 0.717) is 5.56 Å². The van der Waals surface area contributed by atoms with Crippen LogP contribution in [0.5, 0.6) is 0 Å². The standard InChI is InChI=1S/C19H22N4OS.2ClH/c1-4-20-12-15-7-5-6-8-17(15)22-18(24)16-11-13(2)23(14(16)3)19-21-9-10-25-19;;/h5-11,20H,4,12H2,1-3H3,(H,22,24);2*1H. The molecule has 5 nitrogen and oxygen atoms in total. The summed E-state index contributed by atoms with van der Waals surface area (Å²) in [6, 6.07) is 9.79. The summed E-state index contributed by atoms with van der Waals surface area (Å²) in [6.07, 6.45) is 1.77. The lowest BCUT2D eigenvalue weighted by Crippen LogP contribution is -2.17. The molecule has 0 radical (unpaired) electrons. The second-order valence-corrected chi connectivity index (χ2v) is 6.70. The molecule has 0 unspecified atom stereocenters. The highest BCUT2D eigenvalue weighted by Gasteiger charge is 2.18. The predicted octanol–water partition coefficient (Wildman–Crippen LogP) is 4.76. The molecule has 0 aliphatic heterocycles. The number of nitrogens with zero attached hydrogens (tertiary/aromatic N) is 2. The summed E-state index contributed by atoms with van der Waals surface area (Å²) in [5, 5.41) is 9.16. The average Bonchev–Trinajstić information content (AvgIpc) is 3.22.